The number of alkyl halides is 3. The zero-order valence-electron chi connectivity index (χ0n) is 13.2. The smallest absolute Gasteiger partial charge is 0.399 e. The summed E-state index contributed by atoms with van der Waals surface area (Å²) in [7, 11) is 0. The van der Waals surface area contributed by atoms with E-state index < -0.39 is 18.1 Å². The molecule has 2 rings (SSSR count). The van der Waals surface area contributed by atoms with Gasteiger partial charge in [-0.1, -0.05) is 47.5 Å². The Bertz CT molecular complexity index is 856. The number of carboxylic acid groups (broad SMARTS) is 1. The van der Waals surface area contributed by atoms with E-state index in [2.05, 4.69) is 15.9 Å². The van der Waals surface area contributed by atoms with Gasteiger partial charge in [-0.2, -0.15) is 13.2 Å². The van der Waals surface area contributed by atoms with Crippen molar-refractivity contribution in [3.63, 3.8) is 0 Å². The van der Waals surface area contributed by atoms with Gasteiger partial charge in [0.1, 0.15) is 0 Å². The number of hydrogen-bond acceptors (Lipinski definition) is 1. The molecule has 0 aliphatic heterocycles. The van der Waals surface area contributed by atoms with Crippen molar-refractivity contribution in [3.05, 3.63) is 73.2 Å². The van der Waals surface area contributed by atoms with E-state index >= 15 is 0 Å². The first-order valence-corrected chi connectivity index (χ1v) is 8.79. The predicted molar refractivity (Wildman–Crippen MR) is 100 cm³/mol. The van der Waals surface area contributed by atoms with Crippen LogP contribution in [0.4, 0.5) is 13.2 Å². The quantitative estimate of drug-likeness (QED) is 0.486. The second-order valence-electron chi connectivity index (χ2n) is 5.56. The zero-order valence-corrected chi connectivity index (χ0v) is 16.3. The van der Waals surface area contributed by atoms with Crippen LogP contribution in [0, 0.1) is 6.92 Å². The average Bonchev–Trinajstić information content (AvgIpc) is 2.51. The summed E-state index contributed by atoms with van der Waals surface area (Å²) in [6.07, 6.45) is -2.27. The van der Waals surface area contributed by atoms with Crippen molar-refractivity contribution in [1.29, 1.82) is 0 Å². The number of carbonyl (C=O) groups is 1. The van der Waals surface area contributed by atoms with Crippen LogP contribution in [0.3, 0.4) is 0 Å². The monoisotopic (exact) mass is 466 g/mol. The highest BCUT2D eigenvalue weighted by Gasteiger charge is 2.39. The van der Waals surface area contributed by atoms with Gasteiger partial charge in [0.25, 0.3) is 0 Å². The topological polar surface area (TPSA) is 37.3 Å². The van der Waals surface area contributed by atoms with E-state index in [9.17, 15) is 18.0 Å². The fraction of sp³-hybridized carbons (Fsp3) is 0.167. The summed E-state index contributed by atoms with van der Waals surface area (Å²) >= 11 is 14.9. The van der Waals surface area contributed by atoms with E-state index in [4.69, 9.17) is 28.3 Å². The molecule has 26 heavy (non-hydrogen) atoms. The van der Waals surface area contributed by atoms with Gasteiger partial charge in [-0.3, -0.25) is 0 Å². The van der Waals surface area contributed by atoms with Crippen LogP contribution in [-0.2, 0) is 0 Å². The molecule has 0 radical (unpaired) electrons. The number of aromatic carboxylic acids is 1. The first-order chi connectivity index (χ1) is 12.0. The highest BCUT2D eigenvalue weighted by atomic mass is 79.9. The third kappa shape index (κ3) is 4.81. The molecular weight excluding hydrogens is 456 g/mol. The summed E-state index contributed by atoms with van der Waals surface area (Å²) in [5, 5.41) is 9.17. The van der Waals surface area contributed by atoms with Crippen LogP contribution >= 0.6 is 39.1 Å². The molecule has 0 heterocycles. The Morgan fingerprint density at radius 3 is 2.23 bits per heavy atom. The molecule has 0 aliphatic rings. The highest BCUT2D eigenvalue weighted by Crippen LogP contribution is 2.41. The van der Waals surface area contributed by atoms with Crippen molar-refractivity contribution in [1.82, 2.24) is 0 Å². The van der Waals surface area contributed by atoms with E-state index in [1.54, 1.807) is 6.92 Å². The predicted octanol–water partition coefficient (Wildman–Crippen LogP) is 7.12. The van der Waals surface area contributed by atoms with Gasteiger partial charge in [0.2, 0.25) is 0 Å². The molecule has 0 fully saturated rings. The maximum absolute atomic E-state index is 13.5. The van der Waals surface area contributed by atoms with E-state index in [1.165, 1.54) is 36.4 Å². The lowest BCUT2D eigenvalue weighted by molar-refractivity contribution is -0.139. The molecule has 1 N–H and O–H groups in total. The maximum atomic E-state index is 13.5. The SMILES string of the molecule is Cc1cc(/C=C/C(c2cc(Cl)c(Br)c(Cl)c2)C(F)(F)F)ccc1C(=O)O. The summed E-state index contributed by atoms with van der Waals surface area (Å²) in [6, 6.07) is 6.72. The zero-order chi connectivity index (χ0) is 19.6. The summed E-state index contributed by atoms with van der Waals surface area (Å²) in [5.74, 6) is -3.00. The number of allylic oxidation sites excluding steroid dienone is 1. The van der Waals surface area contributed by atoms with E-state index in [-0.39, 0.29) is 21.2 Å². The van der Waals surface area contributed by atoms with Gasteiger partial charge < -0.3 is 5.11 Å². The van der Waals surface area contributed by atoms with Gasteiger partial charge in [-0.15, -0.1) is 0 Å². The van der Waals surface area contributed by atoms with Crippen LogP contribution in [0.25, 0.3) is 6.08 Å². The highest BCUT2D eigenvalue weighted by molar-refractivity contribution is 9.10. The lowest BCUT2D eigenvalue weighted by atomic mass is 9.96. The number of carboxylic acids is 1. The third-order valence-electron chi connectivity index (χ3n) is 3.68. The van der Waals surface area contributed by atoms with Crippen LogP contribution < -0.4 is 0 Å². The second-order valence-corrected chi connectivity index (χ2v) is 7.16. The van der Waals surface area contributed by atoms with Gasteiger partial charge in [0, 0.05) is 0 Å². The van der Waals surface area contributed by atoms with E-state index in [1.807, 2.05) is 0 Å². The standard InChI is InChI=1S/C18H12BrCl2F3O2/c1-9-6-10(2-4-12(9)17(25)26)3-5-13(18(22,23)24)11-7-14(20)16(19)15(21)8-11/h2-8,13H,1H3,(H,25,26)/b5-3+. The van der Waals surface area contributed by atoms with Gasteiger partial charge in [0.05, 0.1) is 26.0 Å². The fourth-order valence-corrected chi connectivity index (χ4v) is 3.13. The van der Waals surface area contributed by atoms with Crippen LogP contribution in [0.15, 0.2) is 40.9 Å². The second kappa shape index (κ2) is 8.03. The summed E-state index contributed by atoms with van der Waals surface area (Å²) in [4.78, 5) is 11.0. The molecule has 0 bridgehead atoms. The van der Waals surface area contributed by atoms with Gasteiger partial charge in [-0.05, 0) is 57.7 Å². The third-order valence-corrected chi connectivity index (χ3v) is 5.59. The molecular formula is C18H12BrCl2F3O2. The van der Waals surface area contributed by atoms with Gasteiger partial charge >= 0.3 is 12.1 Å². The van der Waals surface area contributed by atoms with Crippen molar-refractivity contribution >= 4 is 51.2 Å². The first kappa shape index (κ1) is 20.8. The van der Waals surface area contributed by atoms with Crippen molar-refractivity contribution < 1.29 is 23.1 Å². The molecule has 0 aromatic heterocycles. The molecule has 2 nitrogen and oxygen atoms in total. The normalized spacial score (nSPS) is 13.2. The Hall–Kier alpha value is -1.50. The average molecular weight is 468 g/mol. The minimum atomic E-state index is -4.55. The van der Waals surface area contributed by atoms with Crippen LogP contribution in [0.5, 0.6) is 0 Å². The maximum Gasteiger partial charge on any atom is 0.399 e. The van der Waals surface area contributed by atoms with E-state index in [0.717, 1.165) is 6.08 Å². The summed E-state index contributed by atoms with van der Waals surface area (Å²) < 4.78 is 40.8. The molecule has 2 aromatic rings. The molecule has 8 heteroatoms. The summed E-state index contributed by atoms with van der Waals surface area (Å²) in [5.41, 5.74) is 0.917. The minimum Gasteiger partial charge on any atom is -0.478 e. The Morgan fingerprint density at radius 1 is 1.19 bits per heavy atom. The number of hydrogen-bond donors (Lipinski definition) is 1. The molecule has 138 valence electrons. The van der Waals surface area contributed by atoms with Gasteiger partial charge in [-0.25, -0.2) is 4.79 Å². The summed E-state index contributed by atoms with van der Waals surface area (Å²) in [6.45, 7) is 1.58. The number of benzene rings is 2. The number of aryl methyl sites for hydroxylation is 1. The molecule has 0 aliphatic carbocycles. The van der Waals surface area contributed by atoms with Crippen molar-refractivity contribution in [2.24, 2.45) is 0 Å². The number of rotatable bonds is 4. The van der Waals surface area contributed by atoms with Crippen LogP contribution in [-0.4, -0.2) is 17.3 Å². The van der Waals surface area contributed by atoms with Crippen molar-refractivity contribution in [2.75, 3.05) is 0 Å². The van der Waals surface area contributed by atoms with Crippen molar-refractivity contribution in [2.45, 2.75) is 19.0 Å². The molecule has 1 atom stereocenters. The Balaban J connectivity index is 2.42. The Labute approximate surface area is 166 Å². The largest absolute Gasteiger partial charge is 0.478 e. The molecule has 2 aromatic carbocycles. The Morgan fingerprint density at radius 2 is 1.77 bits per heavy atom. The first-order valence-electron chi connectivity index (χ1n) is 7.24. The number of halogens is 6. The minimum absolute atomic E-state index is 0.0804. The van der Waals surface area contributed by atoms with Crippen LogP contribution in [0.1, 0.15) is 33.0 Å². The molecule has 0 saturated heterocycles. The van der Waals surface area contributed by atoms with E-state index in [0.29, 0.717) is 15.6 Å². The lowest BCUT2D eigenvalue weighted by Crippen LogP contribution is -2.19. The molecule has 1 unspecified atom stereocenters. The fourth-order valence-electron chi connectivity index (χ4n) is 2.40. The van der Waals surface area contributed by atoms with Crippen molar-refractivity contribution in [3.8, 4) is 0 Å². The van der Waals surface area contributed by atoms with Crippen LogP contribution in [0.2, 0.25) is 10.0 Å². The van der Waals surface area contributed by atoms with Gasteiger partial charge in [0.15, 0.2) is 0 Å². The molecule has 0 spiro atoms. The molecule has 0 amide bonds. The Kier molecular flexibility index (Phi) is 6.42. The molecule has 0 saturated carbocycles. The lowest BCUT2D eigenvalue weighted by Gasteiger charge is -2.18.